The van der Waals surface area contributed by atoms with Gasteiger partial charge in [-0.3, -0.25) is 14.5 Å². The van der Waals surface area contributed by atoms with Crippen molar-refractivity contribution in [2.75, 3.05) is 0 Å². The van der Waals surface area contributed by atoms with Crippen LogP contribution in [0.3, 0.4) is 0 Å². The maximum Gasteiger partial charge on any atom is 0.325 e. The Morgan fingerprint density at radius 3 is 2.61 bits per heavy atom. The minimum absolute atomic E-state index is 0.00682. The number of hydrogen-bond donors (Lipinski definition) is 2. The molecule has 1 fully saturated rings. The second-order valence-corrected chi connectivity index (χ2v) is 6.90. The van der Waals surface area contributed by atoms with E-state index in [0.717, 1.165) is 16.0 Å². The van der Waals surface area contributed by atoms with Crippen molar-refractivity contribution in [3.8, 4) is 0 Å². The molecule has 146 valence electrons. The van der Waals surface area contributed by atoms with Gasteiger partial charge in [0.05, 0.1) is 12.5 Å². The van der Waals surface area contributed by atoms with Crippen molar-refractivity contribution in [1.29, 1.82) is 0 Å². The smallest absolute Gasteiger partial charge is 0.325 e. The van der Waals surface area contributed by atoms with E-state index in [1.807, 2.05) is 31.2 Å². The van der Waals surface area contributed by atoms with Gasteiger partial charge in [0, 0.05) is 6.54 Å². The normalized spacial score (nSPS) is 17.8. The fourth-order valence-corrected chi connectivity index (χ4v) is 3.22. The first-order valence-corrected chi connectivity index (χ1v) is 9.06. The lowest BCUT2D eigenvalue weighted by Gasteiger charge is -2.34. The van der Waals surface area contributed by atoms with Gasteiger partial charge in [0.25, 0.3) is 0 Å². The maximum absolute atomic E-state index is 13.1. The molecule has 0 bridgehead atoms. The highest BCUT2D eigenvalue weighted by molar-refractivity contribution is 6.01. The summed E-state index contributed by atoms with van der Waals surface area (Å²) in [7, 11) is 0. The molecule has 2 aromatic carbocycles. The number of benzene rings is 2. The third kappa shape index (κ3) is 4.36. The van der Waals surface area contributed by atoms with Crippen molar-refractivity contribution in [3.63, 3.8) is 0 Å². The third-order valence-electron chi connectivity index (χ3n) is 4.75. The van der Waals surface area contributed by atoms with Crippen LogP contribution >= 0.6 is 0 Å². The molecule has 0 spiro atoms. The van der Waals surface area contributed by atoms with E-state index in [0.29, 0.717) is 12.1 Å². The first-order chi connectivity index (χ1) is 13.3. The van der Waals surface area contributed by atoms with E-state index < -0.39 is 35.7 Å². The molecule has 3 rings (SSSR count). The van der Waals surface area contributed by atoms with Gasteiger partial charge in [0.2, 0.25) is 11.8 Å². The average Bonchev–Trinajstić information content (AvgIpc) is 2.66. The van der Waals surface area contributed by atoms with Crippen LogP contribution in [0.15, 0.2) is 48.5 Å². The van der Waals surface area contributed by atoms with E-state index in [4.69, 9.17) is 0 Å². The van der Waals surface area contributed by atoms with Gasteiger partial charge in [-0.25, -0.2) is 9.18 Å². The van der Waals surface area contributed by atoms with Gasteiger partial charge >= 0.3 is 6.03 Å². The van der Waals surface area contributed by atoms with E-state index in [2.05, 4.69) is 10.6 Å². The number of halogens is 1. The van der Waals surface area contributed by atoms with E-state index in [1.54, 1.807) is 0 Å². The number of urea groups is 1. The standard InChI is InChI=1S/C21H22FN3O3/c1-13-4-3-5-15(10-13)12-23-20(27)14(2)25-19(26)11-18(24-21(25)28)16-6-8-17(22)9-7-16/h3-10,14,18H,11-12H2,1-2H3,(H,23,27)(H,24,28). The summed E-state index contributed by atoms with van der Waals surface area (Å²) in [6.45, 7) is 3.79. The molecular formula is C21H22FN3O3. The molecule has 1 aliphatic heterocycles. The zero-order chi connectivity index (χ0) is 20.3. The summed E-state index contributed by atoms with van der Waals surface area (Å²) in [5.41, 5.74) is 2.66. The van der Waals surface area contributed by atoms with Gasteiger partial charge in [-0.2, -0.15) is 0 Å². The van der Waals surface area contributed by atoms with Gasteiger partial charge < -0.3 is 10.6 Å². The first kappa shape index (κ1) is 19.5. The maximum atomic E-state index is 13.1. The van der Waals surface area contributed by atoms with Gasteiger partial charge in [-0.15, -0.1) is 0 Å². The van der Waals surface area contributed by atoms with Crippen LogP contribution in [0, 0.1) is 12.7 Å². The number of rotatable bonds is 5. The van der Waals surface area contributed by atoms with Crippen molar-refractivity contribution in [3.05, 3.63) is 71.0 Å². The predicted octanol–water partition coefficient (Wildman–Crippen LogP) is 2.82. The Hall–Kier alpha value is -3.22. The zero-order valence-electron chi connectivity index (χ0n) is 15.7. The molecule has 7 heteroatoms. The number of nitrogens with one attached hydrogen (secondary N) is 2. The Balaban J connectivity index is 1.62. The zero-order valence-corrected chi connectivity index (χ0v) is 15.7. The number of carbonyl (C=O) groups excluding carboxylic acids is 3. The molecular weight excluding hydrogens is 361 g/mol. The predicted molar refractivity (Wildman–Crippen MR) is 102 cm³/mol. The monoisotopic (exact) mass is 383 g/mol. The number of amides is 4. The molecule has 0 radical (unpaired) electrons. The molecule has 1 aliphatic rings. The highest BCUT2D eigenvalue weighted by Crippen LogP contribution is 2.24. The van der Waals surface area contributed by atoms with Crippen LogP contribution in [0.1, 0.15) is 36.1 Å². The fraction of sp³-hybridized carbons (Fsp3) is 0.286. The molecule has 2 N–H and O–H groups in total. The second-order valence-electron chi connectivity index (χ2n) is 6.90. The van der Waals surface area contributed by atoms with Gasteiger partial charge in [0.1, 0.15) is 11.9 Å². The highest BCUT2D eigenvalue weighted by atomic mass is 19.1. The van der Waals surface area contributed by atoms with E-state index in [1.165, 1.54) is 31.2 Å². The minimum Gasteiger partial charge on any atom is -0.350 e. The van der Waals surface area contributed by atoms with E-state index in [-0.39, 0.29) is 6.42 Å². The van der Waals surface area contributed by atoms with Crippen molar-refractivity contribution in [1.82, 2.24) is 15.5 Å². The van der Waals surface area contributed by atoms with E-state index >= 15 is 0 Å². The second kappa shape index (κ2) is 8.21. The summed E-state index contributed by atoms with van der Waals surface area (Å²) in [5.74, 6) is -1.25. The average molecular weight is 383 g/mol. The largest absolute Gasteiger partial charge is 0.350 e. The van der Waals surface area contributed by atoms with Crippen LogP contribution in [0.25, 0.3) is 0 Å². The molecule has 0 aliphatic carbocycles. The molecule has 0 aromatic heterocycles. The molecule has 4 amide bonds. The molecule has 2 atom stereocenters. The quantitative estimate of drug-likeness (QED) is 0.833. The Labute approximate surface area is 162 Å². The molecule has 6 nitrogen and oxygen atoms in total. The highest BCUT2D eigenvalue weighted by Gasteiger charge is 2.38. The molecule has 1 heterocycles. The lowest BCUT2D eigenvalue weighted by Crippen LogP contribution is -2.58. The molecule has 0 saturated carbocycles. The number of aryl methyl sites for hydroxylation is 1. The molecule has 1 saturated heterocycles. The third-order valence-corrected chi connectivity index (χ3v) is 4.75. The summed E-state index contributed by atoms with van der Waals surface area (Å²) in [4.78, 5) is 38.4. The van der Waals surface area contributed by atoms with Crippen molar-refractivity contribution in [2.45, 2.75) is 38.9 Å². The topological polar surface area (TPSA) is 78.5 Å². The fourth-order valence-electron chi connectivity index (χ4n) is 3.22. The molecule has 28 heavy (non-hydrogen) atoms. The number of nitrogens with zero attached hydrogens (tertiary/aromatic N) is 1. The number of carbonyl (C=O) groups is 3. The van der Waals surface area contributed by atoms with Gasteiger partial charge in [0.15, 0.2) is 0 Å². The lowest BCUT2D eigenvalue weighted by molar-refractivity contribution is -0.138. The van der Waals surface area contributed by atoms with Crippen LogP contribution in [-0.2, 0) is 16.1 Å². The number of imide groups is 1. The van der Waals surface area contributed by atoms with Gasteiger partial charge in [-0.05, 0) is 37.1 Å². The Morgan fingerprint density at radius 1 is 1.25 bits per heavy atom. The Bertz CT molecular complexity index is 880. The Kier molecular flexibility index (Phi) is 5.73. The van der Waals surface area contributed by atoms with Crippen LogP contribution < -0.4 is 10.6 Å². The van der Waals surface area contributed by atoms with Gasteiger partial charge in [-0.1, -0.05) is 42.0 Å². The summed E-state index contributed by atoms with van der Waals surface area (Å²) >= 11 is 0. The van der Waals surface area contributed by atoms with Crippen LogP contribution in [0.5, 0.6) is 0 Å². The number of hydrogen-bond acceptors (Lipinski definition) is 3. The van der Waals surface area contributed by atoms with Crippen LogP contribution in [-0.4, -0.2) is 28.8 Å². The summed E-state index contributed by atoms with van der Waals surface area (Å²) in [6.07, 6.45) is 0.00682. The van der Waals surface area contributed by atoms with Crippen LogP contribution in [0.4, 0.5) is 9.18 Å². The Morgan fingerprint density at radius 2 is 1.96 bits per heavy atom. The van der Waals surface area contributed by atoms with Crippen molar-refractivity contribution in [2.24, 2.45) is 0 Å². The van der Waals surface area contributed by atoms with Crippen molar-refractivity contribution >= 4 is 17.8 Å². The molecule has 2 unspecified atom stereocenters. The minimum atomic E-state index is -0.938. The summed E-state index contributed by atoms with van der Waals surface area (Å²) in [6, 6.07) is 11.2. The van der Waals surface area contributed by atoms with Crippen molar-refractivity contribution < 1.29 is 18.8 Å². The van der Waals surface area contributed by atoms with E-state index in [9.17, 15) is 18.8 Å². The lowest BCUT2D eigenvalue weighted by atomic mass is 10.0. The molecule has 2 aromatic rings. The SMILES string of the molecule is Cc1cccc(CNC(=O)C(C)N2C(=O)CC(c3ccc(F)cc3)NC2=O)c1. The van der Waals surface area contributed by atoms with Crippen LogP contribution in [0.2, 0.25) is 0 Å². The summed E-state index contributed by atoms with van der Waals surface area (Å²) in [5, 5.41) is 5.47. The first-order valence-electron chi connectivity index (χ1n) is 9.06. The summed E-state index contributed by atoms with van der Waals surface area (Å²) < 4.78 is 13.1.